The lowest BCUT2D eigenvalue weighted by Crippen LogP contribution is -2.39. The number of sulfone groups is 1. The van der Waals surface area contributed by atoms with E-state index in [0.717, 1.165) is 18.5 Å². The minimum Gasteiger partial charge on any atom is -0.462 e. The molecule has 1 saturated heterocycles. The number of hydrogen-bond donors (Lipinski definition) is 0. The topological polar surface area (TPSA) is 107 Å². The van der Waals surface area contributed by atoms with E-state index >= 15 is 0 Å². The molecule has 0 aliphatic carbocycles. The lowest BCUT2D eigenvalue weighted by atomic mass is 9.97. The number of rotatable bonds is 9. The molecule has 1 atom stereocenters. The molecule has 8 nitrogen and oxygen atoms in total. The van der Waals surface area contributed by atoms with Crippen LogP contribution in [0.2, 0.25) is 0 Å². The fraction of sp³-hybridized carbons (Fsp3) is 0.379. The summed E-state index contributed by atoms with van der Waals surface area (Å²) in [4.78, 5) is 36.3. The van der Waals surface area contributed by atoms with Gasteiger partial charge in [-0.25, -0.2) is 23.2 Å². The molecular weight excluding hydrogens is 502 g/mol. The highest BCUT2D eigenvalue weighted by Crippen LogP contribution is 2.37. The van der Waals surface area contributed by atoms with Crippen molar-refractivity contribution in [1.29, 1.82) is 0 Å². The summed E-state index contributed by atoms with van der Waals surface area (Å²) in [5.74, 6) is -0.685. The molecule has 1 aliphatic rings. The van der Waals surface area contributed by atoms with Crippen molar-refractivity contribution in [3.63, 3.8) is 0 Å². The first kappa shape index (κ1) is 27.4. The molecule has 1 aliphatic heterocycles. The second-order valence-corrected chi connectivity index (χ2v) is 12.3. The predicted octanol–water partition coefficient (Wildman–Crippen LogP) is 4.53. The molecule has 0 radical (unpaired) electrons. The van der Waals surface area contributed by atoms with E-state index in [1.54, 1.807) is 55.6 Å². The summed E-state index contributed by atoms with van der Waals surface area (Å²) in [5, 5.41) is -0.162. The van der Waals surface area contributed by atoms with E-state index in [0.29, 0.717) is 35.0 Å². The largest absolute Gasteiger partial charge is 0.462 e. The molecule has 2 aromatic heterocycles. The molecule has 3 aromatic rings. The minimum absolute atomic E-state index is 0.162. The second kappa shape index (κ2) is 11.0. The minimum atomic E-state index is -4.01. The van der Waals surface area contributed by atoms with Crippen molar-refractivity contribution in [2.75, 3.05) is 23.8 Å². The van der Waals surface area contributed by atoms with Crippen LogP contribution >= 0.6 is 0 Å². The average Bonchev–Trinajstić information content (AvgIpc) is 3.15. The van der Waals surface area contributed by atoms with Crippen LogP contribution in [0.1, 0.15) is 66.1 Å². The predicted molar refractivity (Wildman–Crippen MR) is 145 cm³/mol. The molecule has 9 heteroatoms. The Kier molecular flexibility index (Phi) is 7.97. The monoisotopic (exact) mass is 535 g/mol. The summed E-state index contributed by atoms with van der Waals surface area (Å²) in [6.45, 7) is 9.13. The van der Waals surface area contributed by atoms with Gasteiger partial charge in [0.05, 0.1) is 17.7 Å². The number of esters is 1. The Morgan fingerprint density at radius 1 is 1.11 bits per heavy atom. The molecule has 38 heavy (non-hydrogen) atoms. The third-order valence-corrected chi connectivity index (χ3v) is 8.17. The number of anilines is 1. The van der Waals surface area contributed by atoms with Crippen LogP contribution in [-0.2, 0) is 21.0 Å². The van der Waals surface area contributed by atoms with Gasteiger partial charge < -0.3 is 9.64 Å². The Balaban J connectivity index is 1.54. The Labute approximate surface area is 224 Å². The van der Waals surface area contributed by atoms with Crippen LogP contribution < -0.4 is 4.90 Å². The van der Waals surface area contributed by atoms with Gasteiger partial charge in [0.2, 0.25) is 9.84 Å². The van der Waals surface area contributed by atoms with Crippen LogP contribution in [0.4, 0.5) is 5.82 Å². The van der Waals surface area contributed by atoms with Crippen molar-refractivity contribution in [1.82, 2.24) is 9.97 Å². The maximum absolute atomic E-state index is 13.3. The first-order valence-corrected chi connectivity index (χ1v) is 14.4. The van der Waals surface area contributed by atoms with Crippen LogP contribution in [-0.4, -0.2) is 54.6 Å². The van der Waals surface area contributed by atoms with Crippen molar-refractivity contribution in [2.24, 2.45) is 5.92 Å². The number of nitrogens with zero attached hydrogens (tertiary/aromatic N) is 3. The van der Waals surface area contributed by atoms with Gasteiger partial charge in [0.25, 0.3) is 0 Å². The van der Waals surface area contributed by atoms with E-state index in [1.165, 1.54) is 6.07 Å². The lowest BCUT2D eigenvalue weighted by molar-refractivity contribution is 0.0526. The quantitative estimate of drug-likeness (QED) is 0.291. The summed E-state index contributed by atoms with van der Waals surface area (Å²) < 4.78 is 31.6. The highest BCUT2D eigenvalue weighted by atomic mass is 32.2. The van der Waals surface area contributed by atoms with Gasteiger partial charge in [-0.15, -0.1) is 0 Å². The van der Waals surface area contributed by atoms with E-state index in [9.17, 15) is 18.0 Å². The maximum Gasteiger partial charge on any atom is 0.338 e. The highest BCUT2D eigenvalue weighted by Gasteiger charge is 2.39. The molecule has 0 saturated carbocycles. The summed E-state index contributed by atoms with van der Waals surface area (Å²) in [6.07, 6.45) is 2.90. The van der Waals surface area contributed by atoms with Gasteiger partial charge in [0.15, 0.2) is 10.8 Å². The van der Waals surface area contributed by atoms with Crippen molar-refractivity contribution >= 4 is 27.4 Å². The van der Waals surface area contributed by atoms with Crippen molar-refractivity contribution < 1.29 is 22.7 Å². The number of Topliss-reactive ketones (excluding diaryl/α,β-unsaturated/α-hetero) is 1. The summed E-state index contributed by atoms with van der Waals surface area (Å²) in [6, 6.07) is 15.0. The fourth-order valence-electron chi connectivity index (χ4n) is 5.07. The number of ether oxygens (including phenoxy) is 1. The molecule has 1 unspecified atom stereocenters. The Morgan fingerprint density at radius 2 is 1.87 bits per heavy atom. The molecular formula is C29H33N3O5S. The third kappa shape index (κ3) is 6.10. The lowest BCUT2D eigenvalue weighted by Gasteiger charge is -2.33. The van der Waals surface area contributed by atoms with Gasteiger partial charge in [-0.3, -0.25) is 4.79 Å². The van der Waals surface area contributed by atoms with Gasteiger partial charge in [-0.05, 0) is 75.1 Å². The number of hydrogen-bond acceptors (Lipinski definition) is 8. The number of carbonyl (C=O) groups excluding carboxylic acids is 2. The van der Waals surface area contributed by atoms with E-state index in [2.05, 4.69) is 35.6 Å². The van der Waals surface area contributed by atoms with Crippen LogP contribution in [0.25, 0.3) is 0 Å². The Morgan fingerprint density at radius 3 is 2.58 bits per heavy atom. The average molecular weight is 536 g/mol. The van der Waals surface area contributed by atoms with Gasteiger partial charge in [-0.2, -0.15) is 0 Å². The van der Waals surface area contributed by atoms with Gasteiger partial charge in [0.1, 0.15) is 11.6 Å². The van der Waals surface area contributed by atoms with Crippen LogP contribution in [0.3, 0.4) is 0 Å². The summed E-state index contributed by atoms with van der Waals surface area (Å²) >= 11 is 0. The molecule has 0 spiro atoms. The Bertz CT molecular complexity index is 1450. The van der Waals surface area contributed by atoms with Gasteiger partial charge >= 0.3 is 5.97 Å². The molecule has 1 aromatic carbocycles. The van der Waals surface area contributed by atoms with E-state index < -0.39 is 27.3 Å². The second-order valence-electron chi connectivity index (χ2n) is 10.4. The molecule has 1 fully saturated rings. The van der Waals surface area contributed by atoms with Crippen molar-refractivity contribution in [2.45, 2.75) is 51.1 Å². The first-order chi connectivity index (χ1) is 18.0. The van der Waals surface area contributed by atoms with E-state index in [1.807, 2.05) is 6.07 Å². The van der Waals surface area contributed by atoms with Crippen LogP contribution in [0.15, 0.2) is 65.8 Å². The number of ketones is 1. The Hall–Kier alpha value is -3.59. The van der Waals surface area contributed by atoms with Gasteiger partial charge in [0, 0.05) is 30.4 Å². The molecule has 4 rings (SSSR count). The molecule has 0 bridgehead atoms. The fourth-order valence-corrected chi connectivity index (χ4v) is 6.27. The summed E-state index contributed by atoms with van der Waals surface area (Å²) in [7, 11) is -4.01. The zero-order chi connectivity index (χ0) is 27.5. The zero-order valence-electron chi connectivity index (χ0n) is 22.2. The molecule has 0 N–H and O–H groups in total. The van der Waals surface area contributed by atoms with E-state index in [-0.39, 0.29) is 17.2 Å². The number of carbonyl (C=O) groups is 2. The van der Waals surface area contributed by atoms with Crippen molar-refractivity contribution in [3.05, 3.63) is 83.2 Å². The normalized spacial score (nSPS) is 16.8. The van der Waals surface area contributed by atoms with E-state index in [4.69, 9.17) is 4.74 Å². The highest BCUT2D eigenvalue weighted by molar-refractivity contribution is 7.92. The number of benzene rings is 1. The van der Waals surface area contributed by atoms with Gasteiger partial charge in [-0.1, -0.05) is 25.1 Å². The van der Waals surface area contributed by atoms with Crippen LogP contribution in [0.5, 0.6) is 0 Å². The number of aromatic nitrogens is 2. The van der Waals surface area contributed by atoms with Crippen molar-refractivity contribution in [3.8, 4) is 0 Å². The summed E-state index contributed by atoms with van der Waals surface area (Å²) in [5.41, 5.74) is 1.82. The molecule has 3 heterocycles. The smallest absolute Gasteiger partial charge is 0.338 e. The standard InChI is InChI=1S/C29H33N3O5S/c1-5-37-28(34)22-10-6-9-21(15-22)16-23-11-7-13-26(31-23)38(35,36)19-25(33)24-12-8-14-30-27(24)32-18-20(2)17-29(32,3)4/h6-15,20H,5,16-19H2,1-4H3. The SMILES string of the molecule is CCOC(=O)c1cccc(Cc2cccc(S(=O)(=O)CC(=O)c3cccnc3N3CC(C)CC3(C)C)n2)c1. The van der Waals surface area contributed by atoms with Crippen LogP contribution in [0, 0.1) is 5.92 Å². The molecule has 0 amide bonds. The first-order valence-electron chi connectivity index (χ1n) is 12.7. The zero-order valence-corrected chi connectivity index (χ0v) is 23.0. The maximum atomic E-state index is 13.3. The molecule has 200 valence electrons. The third-order valence-electron chi connectivity index (χ3n) is 6.66. The number of pyridine rings is 2.